The predicted molar refractivity (Wildman–Crippen MR) is 87.7 cm³/mol. The molecule has 0 spiro atoms. The third-order valence-corrected chi connectivity index (χ3v) is 4.58. The molecule has 2 aliphatic rings. The number of nitro groups is 1. The molecule has 1 saturated carbocycles. The summed E-state index contributed by atoms with van der Waals surface area (Å²) in [5.74, 6) is -0.778. The maximum Gasteiger partial charge on any atom is 0.293 e. The minimum Gasteiger partial charge on any atom is -0.369 e. The van der Waals surface area contributed by atoms with E-state index in [1.807, 2.05) is 4.90 Å². The van der Waals surface area contributed by atoms with Crippen LogP contribution in [0.25, 0.3) is 0 Å². The number of nitrogens with one attached hydrogen (secondary N) is 1. The molecular formula is C16H20N4O4. The Balaban J connectivity index is 1.78. The molecule has 0 bridgehead atoms. The van der Waals surface area contributed by atoms with Crippen LogP contribution in [0.4, 0.5) is 11.4 Å². The van der Waals surface area contributed by atoms with Gasteiger partial charge in [0.25, 0.3) is 11.6 Å². The van der Waals surface area contributed by atoms with Crippen molar-refractivity contribution in [2.75, 3.05) is 18.0 Å². The van der Waals surface area contributed by atoms with Gasteiger partial charge in [-0.2, -0.15) is 0 Å². The fourth-order valence-electron chi connectivity index (χ4n) is 2.98. The molecule has 24 heavy (non-hydrogen) atoms. The van der Waals surface area contributed by atoms with E-state index in [0.717, 1.165) is 12.8 Å². The zero-order chi connectivity index (χ0) is 17.3. The van der Waals surface area contributed by atoms with Crippen LogP contribution in [0.1, 0.15) is 36.0 Å². The van der Waals surface area contributed by atoms with Crippen LogP contribution in [0.15, 0.2) is 18.2 Å². The Bertz CT molecular complexity index is 679. The standard InChI is InChI=1S/C16H20N4O4/c17-15(21)10-5-7-19(8-6-10)13-4-1-11(9-14(13)20(23)24)16(22)18-12-2-3-12/h1,4,9-10,12H,2-3,5-8H2,(H2,17,21)(H,18,22). The number of rotatable bonds is 5. The SMILES string of the molecule is NC(=O)C1CCN(c2ccc(C(=O)NC3CC3)cc2[N+](=O)[O-])CC1. The number of benzene rings is 1. The van der Waals surface area contributed by atoms with Gasteiger partial charge in [0, 0.05) is 36.7 Å². The fraction of sp³-hybridized carbons (Fsp3) is 0.500. The predicted octanol–water partition coefficient (Wildman–Crippen LogP) is 1.19. The fourth-order valence-corrected chi connectivity index (χ4v) is 2.98. The van der Waals surface area contributed by atoms with Crippen LogP contribution < -0.4 is 16.0 Å². The lowest BCUT2D eigenvalue weighted by atomic mass is 9.95. The van der Waals surface area contributed by atoms with Crippen LogP contribution in [0.5, 0.6) is 0 Å². The number of carbonyl (C=O) groups excluding carboxylic acids is 2. The molecule has 2 amide bonds. The van der Waals surface area contributed by atoms with E-state index in [4.69, 9.17) is 5.73 Å². The van der Waals surface area contributed by atoms with E-state index < -0.39 is 4.92 Å². The lowest BCUT2D eigenvalue weighted by molar-refractivity contribution is -0.384. The summed E-state index contributed by atoms with van der Waals surface area (Å²) in [6, 6.07) is 4.75. The summed E-state index contributed by atoms with van der Waals surface area (Å²) in [4.78, 5) is 36.1. The summed E-state index contributed by atoms with van der Waals surface area (Å²) in [7, 11) is 0. The zero-order valence-corrected chi connectivity index (χ0v) is 13.2. The quantitative estimate of drug-likeness (QED) is 0.620. The van der Waals surface area contributed by atoms with Crippen LogP contribution in [-0.2, 0) is 4.79 Å². The first-order valence-electron chi connectivity index (χ1n) is 8.09. The molecule has 8 nitrogen and oxygen atoms in total. The summed E-state index contributed by atoms with van der Waals surface area (Å²) in [6.45, 7) is 1.06. The molecule has 3 rings (SSSR count). The van der Waals surface area contributed by atoms with Gasteiger partial charge in [0.05, 0.1) is 4.92 Å². The molecule has 1 aliphatic carbocycles. The number of piperidine rings is 1. The van der Waals surface area contributed by atoms with Gasteiger partial charge in [0.1, 0.15) is 5.69 Å². The normalized spacial score (nSPS) is 18.2. The van der Waals surface area contributed by atoms with E-state index in [1.54, 1.807) is 12.1 Å². The number of nitrogens with two attached hydrogens (primary N) is 1. The third kappa shape index (κ3) is 3.47. The Kier molecular flexibility index (Phi) is 4.37. The van der Waals surface area contributed by atoms with Crippen molar-refractivity contribution in [2.24, 2.45) is 11.7 Å². The van der Waals surface area contributed by atoms with E-state index in [2.05, 4.69) is 5.32 Å². The Morgan fingerprint density at radius 1 is 1.21 bits per heavy atom. The minimum atomic E-state index is -0.469. The van der Waals surface area contributed by atoms with Gasteiger partial charge < -0.3 is 16.0 Å². The lowest BCUT2D eigenvalue weighted by Gasteiger charge is -2.32. The van der Waals surface area contributed by atoms with Gasteiger partial charge >= 0.3 is 0 Å². The second-order valence-electron chi connectivity index (χ2n) is 6.37. The molecule has 1 aromatic rings. The van der Waals surface area contributed by atoms with E-state index in [9.17, 15) is 19.7 Å². The molecule has 8 heteroatoms. The minimum absolute atomic E-state index is 0.0871. The number of anilines is 1. The van der Waals surface area contributed by atoms with Crippen LogP contribution in [-0.4, -0.2) is 35.9 Å². The Morgan fingerprint density at radius 3 is 2.42 bits per heavy atom. The van der Waals surface area contributed by atoms with Gasteiger partial charge in [-0.15, -0.1) is 0 Å². The Hall–Kier alpha value is -2.64. The molecule has 1 aromatic carbocycles. The highest BCUT2D eigenvalue weighted by molar-refractivity contribution is 5.96. The van der Waals surface area contributed by atoms with Gasteiger partial charge in [0.15, 0.2) is 0 Å². The largest absolute Gasteiger partial charge is 0.369 e. The number of nitro benzene ring substituents is 1. The average Bonchev–Trinajstić information content (AvgIpc) is 3.38. The summed E-state index contributed by atoms with van der Waals surface area (Å²) in [5.41, 5.74) is 6.00. The zero-order valence-electron chi connectivity index (χ0n) is 13.2. The molecule has 128 valence electrons. The van der Waals surface area contributed by atoms with Gasteiger partial charge in [-0.1, -0.05) is 0 Å². The van der Waals surface area contributed by atoms with Crippen LogP contribution >= 0.6 is 0 Å². The molecule has 3 N–H and O–H groups in total. The average molecular weight is 332 g/mol. The van der Waals surface area contributed by atoms with Crippen molar-refractivity contribution in [3.8, 4) is 0 Å². The molecule has 1 saturated heterocycles. The van der Waals surface area contributed by atoms with Crippen molar-refractivity contribution in [2.45, 2.75) is 31.7 Å². The number of amides is 2. The van der Waals surface area contributed by atoms with Gasteiger partial charge in [-0.3, -0.25) is 19.7 Å². The highest BCUT2D eigenvalue weighted by Gasteiger charge is 2.29. The monoisotopic (exact) mass is 332 g/mol. The van der Waals surface area contributed by atoms with E-state index in [-0.39, 0.29) is 29.5 Å². The highest BCUT2D eigenvalue weighted by Crippen LogP contribution is 2.32. The smallest absolute Gasteiger partial charge is 0.293 e. The van der Waals surface area contributed by atoms with Crippen LogP contribution in [0.2, 0.25) is 0 Å². The second-order valence-corrected chi connectivity index (χ2v) is 6.37. The number of carbonyl (C=O) groups is 2. The maximum atomic E-state index is 12.1. The second kappa shape index (κ2) is 6.46. The van der Waals surface area contributed by atoms with Crippen molar-refractivity contribution in [1.82, 2.24) is 5.32 Å². The summed E-state index contributed by atoms with van der Waals surface area (Å²) < 4.78 is 0. The van der Waals surface area contributed by atoms with E-state index in [1.165, 1.54) is 6.07 Å². The van der Waals surface area contributed by atoms with Crippen molar-refractivity contribution in [3.63, 3.8) is 0 Å². The first-order chi connectivity index (χ1) is 11.5. The highest BCUT2D eigenvalue weighted by atomic mass is 16.6. The maximum absolute atomic E-state index is 12.1. The Morgan fingerprint density at radius 2 is 1.88 bits per heavy atom. The van der Waals surface area contributed by atoms with Crippen molar-refractivity contribution < 1.29 is 14.5 Å². The molecule has 1 heterocycles. The van der Waals surface area contributed by atoms with Crippen molar-refractivity contribution in [1.29, 1.82) is 0 Å². The summed E-state index contributed by atoms with van der Waals surface area (Å²) in [6.07, 6.45) is 3.08. The van der Waals surface area contributed by atoms with Gasteiger partial charge in [-0.05, 0) is 37.8 Å². The summed E-state index contributed by atoms with van der Waals surface area (Å²) in [5, 5.41) is 14.2. The first kappa shape index (κ1) is 16.2. The molecule has 2 fully saturated rings. The molecule has 0 unspecified atom stereocenters. The molecule has 1 aliphatic heterocycles. The molecule has 0 radical (unpaired) electrons. The third-order valence-electron chi connectivity index (χ3n) is 4.58. The molecule has 0 atom stereocenters. The summed E-state index contributed by atoms with van der Waals surface area (Å²) >= 11 is 0. The Labute approximate surface area is 139 Å². The molecule has 0 aromatic heterocycles. The van der Waals surface area contributed by atoms with E-state index in [0.29, 0.717) is 37.2 Å². The van der Waals surface area contributed by atoms with E-state index >= 15 is 0 Å². The van der Waals surface area contributed by atoms with Gasteiger partial charge in [0.2, 0.25) is 5.91 Å². The number of hydrogen-bond acceptors (Lipinski definition) is 5. The molecular weight excluding hydrogens is 312 g/mol. The van der Waals surface area contributed by atoms with Crippen molar-refractivity contribution in [3.05, 3.63) is 33.9 Å². The topological polar surface area (TPSA) is 119 Å². The van der Waals surface area contributed by atoms with Crippen LogP contribution in [0, 0.1) is 16.0 Å². The van der Waals surface area contributed by atoms with Crippen molar-refractivity contribution >= 4 is 23.2 Å². The number of primary amides is 1. The number of nitrogens with zero attached hydrogens (tertiary/aromatic N) is 2. The number of hydrogen-bond donors (Lipinski definition) is 2. The first-order valence-corrected chi connectivity index (χ1v) is 8.09. The van der Waals surface area contributed by atoms with Gasteiger partial charge in [-0.25, -0.2) is 0 Å². The van der Waals surface area contributed by atoms with Crippen LogP contribution in [0.3, 0.4) is 0 Å². The lowest BCUT2D eigenvalue weighted by Crippen LogP contribution is -2.38.